The molecule has 0 unspecified atom stereocenters. The van der Waals surface area contributed by atoms with Gasteiger partial charge in [-0.15, -0.1) is 0 Å². The summed E-state index contributed by atoms with van der Waals surface area (Å²) in [7, 11) is 0. The normalized spacial score (nSPS) is 12.3. The van der Waals surface area contributed by atoms with Crippen LogP contribution in [0.1, 0.15) is 41.0 Å². The van der Waals surface area contributed by atoms with Crippen LogP contribution in [0.5, 0.6) is 5.75 Å². The molecular formula is C28H30Cl2N4O4. The highest BCUT2D eigenvalue weighted by Crippen LogP contribution is 2.27. The number of nitrogens with two attached hydrogens (primary N) is 2. The molecule has 0 aliphatic rings. The number of hydrogen-bond acceptors (Lipinski definition) is 5. The van der Waals surface area contributed by atoms with Gasteiger partial charge in [0.05, 0.1) is 22.6 Å². The largest absolute Gasteiger partial charge is 0.494 e. The van der Waals surface area contributed by atoms with E-state index in [2.05, 4.69) is 10.6 Å². The van der Waals surface area contributed by atoms with Gasteiger partial charge in [-0.25, -0.2) is 0 Å². The van der Waals surface area contributed by atoms with E-state index in [1.165, 1.54) is 0 Å². The first-order valence-corrected chi connectivity index (χ1v) is 12.8. The molecule has 3 aromatic rings. The average molecular weight is 557 g/mol. The van der Waals surface area contributed by atoms with Crippen LogP contribution < -0.4 is 26.8 Å². The lowest BCUT2D eigenvalue weighted by Gasteiger charge is -2.21. The Kier molecular flexibility index (Phi) is 10.5. The molecule has 200 valence electrons. The second-order valence-corrected chi connectivity index (χ2v) is 9.36. The lowest BCUT2D eigenvalue weighted by molar-refractivity contribution is -0.130. The van der Waals surface area contributed by atoms with Crippen LogP contribution in [-0.4, -0.2) is 30.9 Å². The Morgan fingerprint density at radius 1 is 0.842 bits per heavy atom. The molecule has 3 amide bonds. The van der Waals surface area contributed by atoms with Gasteiger partial charge in [0.2, 0.25) is 17.7 Å². The SMILES string of the molecule is CCOc1ccc([C@H](C(N)=O)C(=O)NC[C@H](C(=O)NCc2ccc(CN)cc2)c2ccc(Cl)c(Cl)c2)cc1. The molecule has 0 aliphatic carbocycles. The summed E-state index contributed by atoms with van der Waals surface area (Å²) in [5.41, 5.74) is 14.0. The lowest BCUT2D eigenvalue weighted by atomic mass is 9.95. The Hall–Kier alpha value is -3.59. The van der Waals surface area contributed by atoms with Gasteiger partial charge >= 0.3 is 0 Å². The third kappa shape index (κ3) is 7.71. The number of carbonyl (C=O) groups is 3. The maximum Gasteiger partial charge on any atom is 0.237 e. The van der Waals surface area contributed by atoms with Crippen molar-refractivity contribution in [2.45, 2.75) is 31.8 Å². The number of hydrogen-bond donors (Lipinski definition) is 4. The second-order valence-electron chi connectivity index (χ2n) is 8.55. The van der Waals surface area contributed by atoms with E-state index in [0.29, 0.717) is 35.1 Å². The number of benzene rings is 3. The van der Waals surface area contributed by atoms with E-state index in [4.69, 9.17) is 39.4 Å². The molecule has 10 heteroatoms. The molecule has 38 heavy (non-hydrogen) atoms. The number of carbonyl (C=O) groups excluding carboxylic acids is 3. The number of halogens is 2. The van der Waals surface area contributed by atoms with Crippen LogP contribution in [0.3, 0.4) is 0 Å². The van der Waals surface area contributed by atoms with Crippen LogP contribution in [0.25, 0.3) is 0 Å². The predicted octanol–water partition coefficient (Wildman–Crippen LogP) is 3.64. The Balaban J connectivity index is 1.77. The van der Waals surface area contributed by atoms with Gasteiger partial charge in [-0.2, -0.15) is 0 Å². The van der Waals surface area contributed by atoms with Crippen LogP contribution in [0, 0.1) is 0 Å². The van der Waals surface area contributed by atoms with Crippen LogP contribution in [-0.2, 0) is 27.5 Å². The van der Waals surface area contributed by atoms with E-state index in [1.807, 2.05) is 31.2 Å². The number of ether oxygens (including phenoxy) is 1. The van der Waals surface area contributed by atoms with Crippen molar-refractivity contribution in [1.82, 2.24) is 10.6 Å². The number of amides is 3. The molecule has 2 atom stereocenters. The van der Waals surface area contributed by atoms with Crippen LogP contribution in [0.2, 0.25) is 10.0 Å². The molecule has 0 aliphatic heterocycles. The van der Waals surface area contributed by atoms with Gasteiger partial charge in [-0.3, -0.25) is 14.4 Å². The van der Waals surface area contributed by atoms with E-state index in [0.717, 1.165) is 11.1 Å². The Labute approximate surface area is 231 Å². The standard InChI is InChI=1S/C28H30Cl2N4O4/c1-2-38-21-10-7-19(8-11-21)25(26(32)35)28(37)34-16-22(20-9-12-23(29)24(30)13-20)27(36)33-15-18-5-3-17(14-31)4-6-18/h3-13,22,25H,2,14-16,31H2,1H3,(H2,32,35)(H,33,36)(H,34,37)/t22-,25+/m0/s1. The number of nitrogens with one attached hydrogen (secondary N) is 2. The van der Waals surface area contributed by atoms with Crippen molar-refractivity contribution >= 4 is 40.9 Å². The van der Waals surface area contributed by atoms with Crippen LogP contribution in [0.15, 0.2) is 66.7 Å². The molecule has 0 aromatic heterocycles. The Morgan fingerprint density at radius 2 is 1.47 bits per heavy atom. The number of rotatable bonds is 12. The van der Waals surface area contributed by atoms with Crippen molar-refractivity contribution < 1.29 is 19.1 Å². The van der Waals surface area contributed by atoms with Gasteiger partial charge in [-0.1, -0.05) is 65.7 Å². The van der Waals surface area contributed by atoms with Gasteiger partial charge in [-0.05, 0) is 53.4 Å². The van der Waals surface area contributed by atoms with Crippen molar-refractivity contribution in [3.05, 3.63) is 99.0 Å². The van der Waals surface area contributed by atoms with Gasteiger partial charge < -0.3 is 26.8 Å². The summed E-state index contributed by atoms with van der Waals surface area (Å²) in [4.78, 5) is 38.5. The predicted molar refractivity (Wildman–Crippen MR) is 148 cm³/mol. The van der Waals surface area contributed by atoms with Crippen molar-refractivity contribution in [1.29, 1.82) is 0 Å². The first-order valence-electron chi connectivity index (χ1n) is 12.0. The summed E-state index contributed by atoms with van der Waals surface area (Å²) in [5, 5.41) is 6.21. The molecule has 0 bridgehead atoms. The van der Waals surface area contributed by atoms with E-state index in [-0.39, 0.29) is 24.0 Å². The summed E-state index contributed by atoms with van der Waals surface area (Å²) in [6, 6.07) is 18.9. The molecule has 0 saturated carbocycles. The Morgan fingerprint density at radius 3 is 2.05 bits per heavy atom. The molecular weight excluding hydrogens is 527 g/mol. The highest BCUT2D eigenvalue weighted by atomic mass is 35.5. The minimum atomic E-state index is -1.25. The summed E-state index contributed by atoms with van der Waals surface area (Å²) < 4.78 is 5.41. The maximum absolute atomic E-state index is 13.3. The molecule has 0 radical (unpaired) electrons. The maximum atomic E-state index is 13.3. The topological polar surface area (TPSA) is 137 Å². The molecule has 3 aromatic carbocycles. The zero-order valence-electron chi connectivity index (χ0n) is 20.9. The molecule has 6 N–H and O–H groups in total. The fraction of sp³-hybridized carbons (Fsp3) is 0.250. The summed E-state index contributed by atoms with van der Waals surface area (Å²) in [6.07, 6.45) is 0. The quantitative estimate of drug-likeness (QED) is 0.252. The minimum Gasteiger partial charge on any atom is -0.494 e. The van der Waals surface area contributed by atoms with E-state index >= 15 is 0 Å². The van der Waals surface area contributed by atoms with Crippen molar-refractivity contribution in [2.24, 2.45) is 11.5 Å². The lowest BCUT2D eigenvalue weighted by Crippen LogP contribution is -2.41. The van der Waals surface area contributed by atoms with Gasteiger partial charge in [0.25, 0.3) is 0 Å². The van der Waals surface area contributed by atoms with E-state index in [9.17, 15) is 14.4 Å². The van der Waals surface area contributed by atoms with E-state index < -0.39 is 23.7 Å². The third-order valence-electron chi connectivity index (χ3n) is 5.94. The summed E-state index contributed by atoms with van der Waals surface area (Å²) in [6.45, 7) is 2.93. The fourth-order valence-corrected chi connectivity index (χ4v) is 4.18. The second kappa shape index (κ2) is 13.8. The molecule has 0 heterocycles. The molecule has 0 spiro atoms. The molecule has 3 rings (SSSR count). The molecule has 0 fully saturated rings. The summed E-state index contributed by atoms with van der Waals surface area (Å²) >= 11 is 12.3. The van der Waals surface area contributed by atoms with Crippen molar-refractivity contribution in [3.63, 3.8) is 0 Å². The zero-order chi connectivity index (χ0) is 27.7. The van der Waals surface area contributed by atoms with Gasteiger partial charge in [0, 0.05) is 19.6 Å². The number of primary amides is 1. The first kappa shape index (κ1) is 29.0. The van der Waals surface area contributed by atoms with Gasteiger partial charge in [0.1, 0.15) is 11.7 Å². The van der Waals surface area contributed by atoms with Crippen LogP contribution >= 0.6 is 23.2 Å². The third-order valence-corrected chi connectivity index (χ3v) is 6.68. The smallest absolute Gasteiger partial charge is 0.237 e. The van der Waals surface area contributed by atoms with E-state index in [1.54, 1.807) is 42.5 Å². The van der Waals surface area contributed by atoms with Crippen molar-refractivity contribution in [3.8, 4) is 5.75 Å². The minimum absolute atomic E-state index is 0.102. The van der Waals surface area contributed by atoms with Crippen LogP contribution in [0.4, 0.5) is 0 Å². The highest BCUT2D eigenvalue weighted by Gasteiger charge is 2.29. The fourth-order valence-electron chi connectivity index (χ4n) is 3.87. The monoisotopic (exact) mass is 556 g/mol. The first-order chi connectivity index (χ1) is 18.2. The summed E-state index contributed by atoms with van der Waals surface area (Å²) in [5.74, 6) is -3.24. The van der Waals surface area contributed by atoms with Crippen molar-refractivity contribution in [2.75, 3.05) is 13.2 Å². The molecule has 8 nitrogen and oxygen atoms in total. The van der Waals surface area contributed by atoms with Gasteiger partial charge in [0.15, 0.2) is 0 Å². The Bertz CT molecular complexity index is 1270. The molecule has 0 saturated heterocycles. The average Bonchev–Trinajstić information content (AvgIpc) is 2.91. The zero-order valence-corrected chi connectivity index (χ0v) is 22.4. The highest BCUT2D eigenvalue weighted by molar-refractivity contribution is 6.42.